The number of rotatable bonds is 1. The second kappa shape index (κ2) is 6.02. The van der Waals surface area contributed by atoms with E-state index in [0.717, 1.165) is 17.4 Å². The molecule has 0 aromatic rings. The SMILES string of the molecule is CC(C)C.CC(C)N1CC2(CCNCC2)C1. The molecule has 1 spiro atoms. The van der Waals surface area contributed by atoms with E-state index >= 15 is 0 Å². The number of hydrogen-bond acceptors (Lipinski definition) is 2. The summed E-state index contributed by atoms with van der Waals surface area (Å²) in [6, 6.07) is 0.755. The quantitative estimate of drug-likeness (QED) is 0.739. The van der Waals surface area contributed by atoms with E-state index in [0.29, 0.717) is 0 Å². The van der Waals surface area contributed by atoms with E-state index in [-0.39, 0.29) is 0 Å². The fraction of sp³-hybridized carbons (Fsp3) is 1.00. The molecule has 1 N–H and O–H groups in total. The molecule has 2 saturated heterocycles. The molecule has 0 aromatic carbocycles. The summed E-state index contributed by atoms with van der Waals surface area (Å²) in [5.74, 6) is 0.833. The molecule has 0 atom stereocenters. The molecule has 0 bridgehead atoms. The van der Waals surface area contributed by atoms with Crippen LogP contribution < -0.4 is 5.32 Å². The number of likely N-dealkylation sites (tertiary alicyclic amines) is 1. The van der Waals surface area contributed by atoms with Crippen LogP contribution >= 0.6 is 0 Å². The van der Waals surface area contributed by atoms with Crippen LogP contribution in [0, 0.1) is 11.3 Å². The molecule has 96 valence electrons. The molecule has 2 heterocycles. The predicted molar refractivity (Wildman–Crippen MR) is 71.8 cm³/mol. The Balaban J connectivity index is 0.000000280. The third-order valence-corrected chi connectivity index (χ3v) is 3.47. The van der Waals surface area contributed by atoms with Crippen molar-refractivity contribution in [2.24, 2.45) is 11.3 Å². The lowest BCUT2D eigenvalue weighted by Gasteiger charge is -2.54. The Bertz CT molecular complexity index is 182. The van der Waals surface area contributed by atoms with Gasteiger partial charge in [-0.2, -0.15) is 0 Å². The summed E-state index contributed by atoms with van der Waals surface area (Å²) in [7, 11) is 0. The molecule has 0 unspecified atom stereocenters. The van der Waals surface area contributed by atoms with Gasteiger partial charge in [-0.15, -0.1) is 0 Å². The van der Waals surface area contributed by atoms with Gasteiger partial charge >= 0.3 is 0 Å². The number of piperidine rings is 1. The zero-order valence-corrected chi connectivity index (χ0v) is 11.8. The van der Waals surface area contributed by atoms with Gasteiger partial charge in [0, 0.05) is 19.1 Å². The Hall–Kier alpha value is -0.0800. The first kappa shape index (κ1) is 14.0. The van der Waals surface area contributed by atoms with Crippen LogP contribution in [0.15, 0.2) is 0 Å². The van der Waals surface area contributed by atoms with Crippen LogP contribution in [-0.2, 0) is 0 Å². The molecule has 0 aromatic heterocycles. The van der Waals surface area contributed by atoms with Crippen LogP contribution in [0.25, 0.3) is 0 Å². The molecule has 0 amide bonds. The van der Waals surface area contributed by atoms with Gasteiger partial charge in [-0.25, -0.2) is 0 Å². The molecule has 0 aliphatic carbocycles. The van der Waals surface area contributed by atoms with Gasteiger partial charge in [-0.05, 0) is 51.1 Å². The second-order valence-corrected chi connectivity index (χ2v) is 6.48. The van der Waals surface area contributed by atoms with Crippen molar-refractivity contribution in [1.82, 2.24) is 10.2 Å². The first-order chi connectivity index (χ1) is 7.45. The van der Waals surface area contributed by atoms with E-state index in [1.165, 1.54) is 39.0 Å². The minimum atomic E-state index is 0.718. The van der Waals surface area contributed by atoms with Crippen molar-refractivity contribution in [2.45, 2.75) is 53.5 Å². The Labute approximate surface area is 102 Å². The first-order valence-corrected chi connectivity index (χ1v) is 6.90. The summed E-state index contributed by atoms with van der Waals surface area (Å²) in [5, 5.41) is 3.43. The van der Waals surface area contributed by atoms with Crippen molar-refractivity contribution in [2.75, 3.05) is 26.2 Å². The predicted octanol–water partition coefficient (Wildman–Crippen LogP) is 2.74. The lowest BCUT2D eigenvalue weighted by Crippen LogP contribution is -2.61. The summed E-state index contributed by atoms with van der Waals surface area (Å²) >= 11 is 0. The van der Waals surface area contributed by atoms with Crippen LogP contribution in [0.4, 0.5) is 0 Å². The van der Waals surface area contributed by atoms with Gasteiger partial charge in [-0.3, -0.25) is 4.90 Å². The Kier molecular flexibility index (Phi) is 5.26. The fourth-order valence-corrected chi connectivity index (χ4v) is 2.45. The normalized spacial score (nSPS) is 24.2. The maximum atomic E-state index is 3.43. The molecule has 16 heavy (non-hydrogen) atoms. The maximum Gasteiger partial charge on any atom is 0.00541 e. The Morgan fingerprint density at radius 3 is 1.75 bits per heavy atom. The van der Waals surface area contributed by atoms with E-state index in [1.54, 1.807) is 0 Å². The van der Waals surface area contributed by atoms with Crippen molar-refractivity contribution in [1.29, 1.82) is 0 Å². The largest absolute Gasteiger partial charge is 0.317 e. The Morgan fingerprint density at radius 1 is 0.938 bits per heavy atom. The number of nitrogens with zero attached hydrogens (tertiary/aromatic N) is 1. The van der Waals surface area contributed by atoms with Crippen molar-refractivity contribution in [3.63, 3.8) is 0 Å². The topological polar surface area (TPSA) is 15.3 Å². The van der Waals surface area contributed by atoms with Gasteiger partial charge in [0.2, 0.25) is 0 Å². The average molecular weight is 226 g/mol. The average Bonchev–Trinajstić information content (AvgIpc) is 2.14. The highest BCUT2D eigenvalue weighted by Crippen LogP contribution is 2.39. The lowest BCUT2D eigenvalue weighted by atomic mass is 9.72. The van der Waals surface area contributed by atoms with E-state index in [9.17, 15) is 0 Å². The van der Waals surface area contributed by atoms with E-state index in [4.69, 9.17) is 0 Å². The second-order valence-electron chi connectivity index (χ2n) is 6.48. The summed E-state index contributed by atoms with van der Waals surface area (Å²) in [4.78, 5) is 2.59. The van der Waals surface area contributed by atoms with Crippen LogP contribution in [0.1, 0.15) is 47.5 Å². The van der Waals surface area contributed by atoms with Gasteiger partial charge in [0.1, 0.15) is 0 Å². The molecule has 2 fully saturated rings. The van der Waals surface area contributed by atoms with Gasteiger partial charge in [0.05, 0.1) is 0 Å². The van der Waals surface area contributed by atoms with Crippen molar-refractivity contribution >= 4 is 0 Å². The van der Waals surface area contributed by atoms with Gasteiger partial charge in [0.15, 0.2) is 0 Å². The minimum Gasteiger partial charge on any atom is -0.317 e. The molecule has 2 nitrogen and oxygen atoms in total. The van der Waals surface area contributed by atoms with Crippen LogP contribution in [-0.4, -0.2) is 37.1 Å². The minimum absolute atomic E-state index is 0.718. The third kappa shape index (κ3) is 4.06. The highest BCUT2D eigenvalue weighted by Gasteiger charge is 2.43. The monoisotopic (exact) mass is 226 g/mol. The van der Waals surface area contributed by atoms with Crippen LogP contribution in [0.5, 0.6) is 0 Å². The molecule has 2 aliphatic rings. The summed E-state index contributed by atoms with van der Waals surface area (Å²) < 4.78 is 0. The highest BCUT2D eigenvalue weighted by molar-refractivity contribution is 4.98. The van der Waals surface area contributed by atoms with Crippen molar-refractivity contribution in [3.05, 3.63) is 0 Å². The third-order valence-electron chi connectivity index (χ3n) is 3.47. The Morgan fingerprint density at radius 2 is 1.38 bits per heavy atom. The summed E-state index contributed by atoms with van der Waals surface area (Å²) in [6.45, 7) is 16.3. The van der Waals surface area contributed by atoms with Crippen LogP contribution in [0.2, 0.25) is 0 Å². The summed E-state index contributed by atoms with van der Waals surface area (Å²) in [6.07, 6.45) is 2.80. The smallest absolute Gasteiger partial charge is 0.00541 e. The fourth-order valence-electron chi connectivity index (χ4n) is 2.45. The molecular formula is C14H30N2. The number of nitrogens with one attached hydrogen (secondary N) is 1. The highest BCUT2D eigenvalue weighted by atomic mass is 15.2. The lowest BCUT2D eigenvalue weighted by molar-refractivity contribution is -0.0418. The molecular weight excluding hydrogens is 196 g/mol. The van der Waals surface area contributed by atoms with Gasteiger partial charge in [0.25, 0.3) is 0 Å². The summed E-state index contributed by atoms with van der Waals surface area (Å²) in [5.41, 5.74) is 0.718. The molecule has 2 heteroatoms. The molecule has 0 saturated carbocycles. The van der Waals surface area contributed by atoms with Gasteiger partial charge < -0.3 is 5.32 Å². The van der Waals surface area contributed by atoms with E-state index in [1.807, 2.05) is 0 Å². The van der Waals surface area contributed by atoms with Gasteiger partial charge in [-0.1, -0.05) is 20.8 Å². The maximum absolute atomic E-state index is 3.43. The molecule has 2 aliphatic heterocycles. The van der Waals surface area contributed by atoms with E-state index in [2.05, 4.69) is 44.8 Å². The number of hydrogen-bond donors (Lipinski definition) is 1. The van der Waals surface area contributed by atoms with Crippen molar-refractivity contribution in [3.8, 4) is 0 Å². The van der Waals surface area contributed by atoms with Crippen LogP contribution in [0.3, 0.4) is 0 Å². The van der Waals surface area contributed by atoms with Crippen molar-refractivity contribution < 1.29 is 0 Å². The molecule has 2 rings (SSSR count). The zero-order valence-electron chi connectivity index (χ0n) is 11.8. The molecule has 0 radical (unpaired) electrons. The standard InChI is InChI=1S/C10H20N2.C4H10/c1-9(2)12-7-10(8-12)3-5-11-6-4-10;1-4(2)3/h9,11H,3-8H2,1-2H3;4H,1-3H3. The first-order valence-electron chi connectivity index (χ1n) is 6.90. The van der Waals surface area contributed by atoms with E-state index < -0.39 is 0 Å². The zero-order chi connectivity index (χ0) is 12.2.